The SMILES string of the molecule is COc1cc(C)ccc1OCc1nnc(SCC(=O)Nc2nc(C)cs2)n1C. The number of aromatic nitrogens is 4. The molecule has 3 aromatic rings. The van der Waals surface area contributed by atoms with Crippen molar-refractivity contribution in [1.29, 1.82) is 0 Å². The molecule has 148 valence electrons. The van der Waals surface area contributed by atoms with Gasteiger partial charge in [-0.05, 0) is 31.5 Å². The smallest absolute Gasteiger partial charge is 0.236 e. The highest BCUT2D eigenvalue weighted by atomic mass is 32.2. The highest BCUT2D eigenvalue weighted by molar-refractivity contribution is 7.99. The molecule has 0 atom stereocenters. The van der Waals surface area contributed by atoms with Crippen molar-refractivity contribution in [2.75, 3.05) is 18.2 Å². The van der Waals surface area contributed by atoms with Crippen LogP contribution in [-0.4, -0.2) is 38.5 Å². The number of carbonyl (C=O) groups excluding carboxylic acids is 1. The average molecular weight is 420 g/mol. The maximum absolute atomic E-state index is 12.1. The highest BCUT2D eigenvalue weighted by Crippen LogP contribution is 2.28. The molecule has 0 aliphatic rings. The standard InChI is InChI=1S/C18H21N5O3S2/c1-11-5-6-13(14(7-11)25-4)26-8-15-21-22-18(23(15)3)28-10-16(24)20-17-19-12(2)9-27-17/h5-7,9H,8,10H2,1-4H3,(H,19,20,24). The van der Waals surface area contributed by atoms with E-state index < -0.39 is 0 Å². The lowest BCUT2D eigenvalue weighted by Gasteiger charge is -2.11. The third kappa shape index (κ3) is 5.02. The van der Waals surface area contributed by atoms with Gasteiger partial charge >= 0.3 is 0 Å². The maximum Gasteiger partial charge on any atom is 0.236 e. The molecular weight excluding hydrogens is 398 g/mol. The van der Waals surface area contributed by atoms with Crippen molar-refractivity contribution >= 4 is 34.1 Å². The zero-order valence-corrected chi connectivity index (χ0v) is 17.7. The topological polar surface area (TPSA) is 91.2 Å². The van der Waals surface area contributed by atoms with Crippen molar-refractivity contribution in [2.24, 2.45) is 7.05 Å². The lowest BCUT2D eigenvalue weighted by Crippen LogP contribution is -2.14. The van der Waals surface area contributed by atoms with E-state index in [4.69, 9.17) is 9.47 Å². The second-order valence-corrected chi connectivity index (χ2v) is 7.83. The minimum Gasteiger partial charge on any atom is -0.493 e. The molecule has 28 heavy (non-hydrogen) atoms. The summed E-state index contributed by atoms with van der Waals surface area (Å²) in [5, 5.41) is 14.2. The number of thioether (sulfide) groups is 1. The van der Waals surface area contributed by atoms with E-state index in [1.54, 1.807) is 7.11 Å². The average Bonchev–Trinajstić information content (AvgIpc) is 3.24. The number of rotatable bonds is 8. The number of nitrogens with one attached hydrogen (secondary N) is 1. The molecule has 2 aromatic heterocycles. The Balaban J connectivity index is 1.55. The fraction of sp³-hybridized carbons (Fsp3) is 0.333. The molecule has 3 rings (SSSR count). The highest BCUT2D eigenvalue weighted by Gasteiger charge is 2.14. The van der Waals surface area contributed by atoms with Gasteiger partial charge in [-0.15, -0.1) is 21.5 Å². The molecule has 0 fully saturated rings. The van der Waals surface area contributed by atoms with Crippen LogP contribution in [0.2, 0.25) is 0 Å². The Morgan fingerprint density at radius 1 is 1.29 bits per heavy atom. The van der Waals surface area contributed by atoms with Crippen molar-refractivity contribution in [3.63, 3.8) is 0 Å². The summed E-state index contributed by atoms with van der Waals surface area (Å²) in [7, 11) is 3.45. The van der Waals surface area contributed by atoms with Crippen molar-refractivity contribution < 1.29 is 14.3 Å². The Morgan fingerprint density at radius 2 is 2.11 bits per heavy atom. The Kier molecular flexibility index (Phi) is 6.53. The maximum atomic E-state index is 12.1. The second kappa shape index (κ2) is 9.07. The summed E-state index contributed by atoms with van der Waals surface area (Å²) in [5.41, 5.74) is 1.98. The molecule has 0 saturated carbocycles. The summed E-state index contributed by atoms with van der Waals surface area (Å²) in [6, 6.07) is 5.74. The number of anilines is 1. The number of nitrogens with zero attached hydrogens (tertiary/aromatic N) is 4. The van der Waals surface area contributed by atoms with Gasteiger partial charge < -0.3 is 19.4 Å². The number of amides is 1. The molecule has 0 radical (unpaired) electrons. The van der Waals surface area contributed by atoms with E-state index in [9.17, 15) is 4.79 Å². The first-order chi connectivity index (χ1) is 13.5. The van der Waals surface area contributed by atoms with Crippen LogP contribution in [0.15, 0.2) is 28.7 Å². The first-order valence-corrected chi connectivity index (χ1v) is 10.3. The van der Waals surface area contributed by atoms with E-state index >= 15 is 0 Å². The van der Waals surface area contributed by atoms with Gasteiger partial charge in [0.25, 0.3) is 0 Å². The fourth-order valence-electron chi connectivity index (χ4n) is 2.33. The Hall–Kier alpha value is -2.59. The van der Waals surface area contributed by atoms with Crippen LogP contribution in [-0.2, 0) is 18.4 Å². The minimum atomic E-state index is -0.135. The summed E-state index contributed by atoms with van der Waals surface area (Å²) < 4.78 is 13.0. The van der Waals surface area contributed by atoms with Gasteiger partial charge in [0.05, 0.1) is 18.6 Å². The molecule has 0 saturated heterocycles. The molecule has 1 N–H and O–H groups in total. The fourth-order valence-corrected chi connectivity index (χ4v) is 3.76. The summed E-state index contributed by atoms with van der Waals surface area (Å²) in [5.74, 6) is 2.05. The van der Waals surface area contributed by atoms with Gasteiger partial charge in [0.2, 0.25) is 5.91 Å². The molecule has 2 heterocycles. The number of thiazole rings is 1. The van der Waals surface area contributed by atoms with E-state index in [1.807, 2.05) is 49.0 Å². The zero-order valence-electron chi connectivity index (χ0n) is 16.1. The van der Waals surface area contributed by atoms with Crippen LogP contribution in [0.1, 0.15) is 17.1 Å². The van der Waals surface area contributed by atoms with Crippen LogP contribution in [0.3, 0.4) is 0 Å². The number of aryl methyl sites for hydroxylation is 2. The van der Waals surface area contributed by atoms with Crippen LogP contribution in [0.5, 0.6) is 11.5 Å². The summed E-state index contributed by atoms with van der Waals surface area (Å²) in [6.45, 7) is 4.12. The summed E-state index contributed by atoms with van der Waals surface area (Å²) >= 11 is 2.71. The Bertz CT molecular complexity index is 970. The monoisotopic (exact) mass is 419 g/mol. The predicted molar refractivity (Wildman–Crippen MR) is 109 cm³/mol. The first kappa shape index (κ1) is 20.2. The van der Waals surface area contributed by atoms with Gasteiger partial charge in [-0.1, -0.05) is 17.8 Å². The molecule has 10 heteroatoms. The molecule has 8 nitrogen and oxygen atoms in total. The van der Waals surface area contributed by atoms with Gasteiger partial charge in [-0.3, -0.25) is 4.79 Å². The van der Waals surface area contributed by atoms with Crippen molar-refractivity contribution in [3.05, 3.63) is 40.7 Å². The molecule has 1 aromatic carbocycles. The summed E-state index contributed by atoms with van der Waals surface area (Å²) in [4.78, 5) is 16.3. The third-order valence-electron chi connectivity index (χ3n) is 3.80. The van der Waals surface area contributed by atoms with Crippen molar-refractivity contribution in [1.82, 2.24) is 19.7 Å². The zero-order chi connectivity index (χ0) is 20.1. The van der Waals surface area contributed by atoms with Crippen molar-refractivity contribution in [2.45, 2.75) is 25.6 Å². The Morgan fingerprint density at radius 3 is 2.82 bits per heavy atom. The van der Waals surface area contributed by atoms with Gasteiger partial charge in [0.15, 0.2) is 27.6 Å². The molecule has 1 amide bonds. The van der Waals surface area contributed by atoms with Crippen LogP contribution in [0.4, 0.5) is 5.13 Å². The van der Waals surface area contributed by atoms with Crippen LogP contribution >= 0.6 is 23.1 Å². The predicted octanol–water partition coefficient (Wildman–Crippen LogP) is 3.21. The van der Waals surface area contributed by atoms with E-state index in [0.717, 1.165) is 11.3 Å². The van der Waals surface area contributed by atoms with Crippen molar-refractivity contribution in [3.8, 4) is 11.5 Å². The third-order valence-corrected chi connectivity index (χ3v) is 5.69. The molecular formula is C18H21N5O3S2. The van der Waals surface area contributed by atoms with Crippen LogP contribution < -0.4 is 14.8 Å². The second-order valence-electron chi connectivity index (χ2n) is 6.03. The lowest BCUT2D eigenvalue weighted by atomic mass is 10.2. The summed E-state index contributed by atoms with van der Waals surface area (Å²) in [6.07, 6.45) is 0. The normalized spacial score (nSPS) is 10.7. The first-order valence-electron chi connectivity index (χ1n) is 8.46. The Labute approximate surface area is 171 Å². The molecule has 0 spiro atoms. The number of benzene rings is 1. The van der Waals surface area contributed by atoms with E-state index in [0.29, 0.717) is 27.6 Å². The van der Waals surface area contributed by atoms with Gasteiger partial charge in [-0.25, -0.2) is 4.98 Å². The number of carbonyl (C=O) groups is 1. The van der Waals surface area contributed by atoms with Gasteiger partial charge in [0.1, 0.15) is 6.61 Å². The van der Waals surface area contributed by atoms with E-state index in [1.165, 1.54) is 23.1 Å². The van der Waals surface area contributed by atoms with Crippen LogP contribution in [0, 0.1) is 13.8 Å². The van der Waals surface area contributed by atoms with E-state index in [2.05, 4.69) is 20.5 Å². The minimum absolute atomic E-state index is 0.135. The largest absolute Gasteiger partial charge is 0.493 e. The molecule has 0 aliphatic heterocycles. The molecule has 0 unspecified atom stereocenters. The quantitative estimate of drug-likeness (QED) is 0.561. The molecule has 0 bridgehead atoms. The number of methoxy groups -OCH3 is 1. The lowest BCUT2D eigenvalue weighted by molar-refractivity contribution is -0.113. The molecule has 0 aliphatic carbocycles. The van der Waals surface area contributed by atoms with Gasteiger partial charge in [-0.2, -0.15) is 0 Å². The van der Waals surface area contributed by atoms with Crippen LogP contribution in [0.25, 0.3) is 0 Å². The number of hydrogen-bond donors (Lipinski definition) is 1. The van der Waals surface area contributed by atoms with E-state index in [-0.39, 0.29) is 18.3 Å². The number of hydrogen-bond acceptors (Lipinski definition) is 8. The van der Waals surface area contributed by atoms with Gasteiger partial charge in [0, 0.05) is 12.4 Å². The number of ether oxygens (including phenoxy) is 2.